The van der Waals surface area contributed by atoms with Crippen molar-refractivity contribution in [2.24, 2.45) is 0 Å². The zero-order valence-corrected chi connectivity index (χ0v) is 11.7. The van der Waals surface area contributed by atoms with Crippen molar-refractivity contribution in [1.29, 1.82) is 0 Å². The lowest BCUT2D eigenvalue weighted by atomic mass is 10.1. The molecule has 0 aliphatic carbocycles. The van der Waals surface area contributed by atoms with Crippen LogP contribution in [-0.4, -0.2) is 32.5 Å². The lowest BCUT2D eigenvalue weighted by Crippen LogP contribution is -2.19. The molecule has 2 aromatic heterocycles. The third-order valence-corrected chi connectivity index (χ3v) is 3.18. The molecule has 0 aliphatic heterocycles. The fourth-order valence-electron chi connectivity index (χ4n) is 2.05. The van der Waals surface area contributed by atoms with Crippen molar-refractivity contribution in [3.63, 3.8) is 0 Å². The van der Waals surface area contributed by atoms with E-state index in [1.165, 1.54) is 7.05 Å². The van der Waals surface area contributed by atoms with Gasteiger partial charge in [0, 0.05) is 24.9 Å². The van der Waals surface area contributed by atoms with Crippen LogP contribution in [0.25, 0.3) is 5.78 Å². The molecule has 21 heavy (non-hydrogen) atoms. The first-order chi connectivity index (χ1) is 9.74. The van der Waals surface area contributed by atoms with Crippen LogP contribution in [0.2, 0.25) is 0 Å². The number of fused-ring (bicyclic) bond motifs is 1. The summed E-state index contributed by atoms with van der Waals surface area (Å²) in [6.45, 7) is 3.31. The Kier molecular flexibility index (Phi) is 3.84. The van der Waals surface area contributed by atoms with E-state index < -0.39 is 12.0 Å². The van der Waals surface area contributed by atoms with Crippen molar-refractivity contribution in [3.8, 4) is 0 Å². The fraction of sp³-hybridized carbons (Fsp3) is 0.500. The predicted octanol–water partition coefficient (Wildman–Crippen LogP) is 1.44. The molecule has 0 saturated carbocycles. The van der Waals surface area contributed by atoms with Crippen molar-refractivity contribution in [2.45, 2.75) is 32.9 Å². The topological polar surface area (TPSA) is 72.2 Å². The Labute approximate surface area is 118 Å². The molecular formula is C12H14F3N5O. The monoisotopic (exact) mass is 301 g/mol. The summed E-state index contributed by atoms with van der Waals surface area (Å²) in [6, 6.07) is 0. The van der Waals surface area contributed by atoms with Gasteiger partial charge in [0.25, 0.3) is 11.6 Å². The van der Waals surface area contributed by atoms with Crippen LogP contribution >= 0.6 is 0 Å². The summed E-state index contributed by atoms with van der Waals surface area (Å²) in [5.74, 6) is -1.47. The van der Waals surface area contributed by atoms with E-state index in [1.807, 2.05) is 0 Å². The molecule has 0 aromatic carbocycles. The number of aromatic nitrogens is 4. The van der Waals surface area contributed by atoms with E-state index >= 15 is 0 Å². The average Bonchev–Trinajstić information content (AvgIpc) is 2.82. The van der Waals surface area contributed by atoms with E-state index in [4.69, 9.17) is 0 Å². The Morgan fingerprint density at radius 1 is 1.29 bits per heavy atom. The Hall–Kier alpha value is -2.19. The Morgan fingerprint density at radius 2 is 1.95 bits per heavy atom. The van der Waals surface area contributed by atoms with E-state index in [-0.39, 0.29) is 18.1 Å². The number of alkyl halides is 3. The lowest BCUT2D eigenvalue weighted by molar-refractivity contribution is -0.144. The Balaban J connectivity index is 2.46. The molecule has 0 spiro atoms. The SMILES string of the molecule is CNC(=O)CCc1c(C)nc2nc(C(F)(F)F)nn2c1C. The summed E-state index contributed by atoms with van der Waals surface area (Å²) in [7, 11) is 1.52. The number of nitrogens with zero attached hydrogens (tertiary/aromatic N) is 4. The summed E-state index contributed by atoms with van der Waals surface area (Å²) in [5, 5.41) is 5.94. The molecule has 0 saturated heterocycles. The molecule has 2 heterocycles. The molecule has 0 unspecified atom stereocenters. The van der Waals surface area contributed by atoms with Gasteiger partial charge in [-0.25, -0.2) is 9.50 Å². The van der Waals surface area contributed by atoms with Crippen LogP contribution in [0.3, 0.4) is 0 Å². The van der Waals surface area contributed by atoms with E-state index in [2.05, 4.69) is 20.4 Å². The maximum atomic E-state index is 12.6. The van der Waals surface area contributed by atoms with E-state index in [9.17, 15) is 18.0 Å². The van der Waals surface area contributed by atoms with Gasteiger partial charge >= 0.3 is 6.18 Å². The number of amides is 1. The molecule has 0 fully saturated rings. The van der Waals surface area contributed by atoms with Gasteiger partial charge in [0.05, 0.1) is 0 Å². The van der Waals surface area contributed by atoms with Crippen LogP contribution in [0, 0.1) is 13.8 Å². The van der Waals surface area contributed by atoms with Crippen LogP contribution in [-0.2, 0) is 17.4 Å². The lowest BCUT2D eigenvalue weighted by Gasteiger charge is -2.09. The molecule has 0 radical (unpaired) electrons. The van der Waals surface area contributed by atoms with Crippen molar-refractivity contribution in [3.05, 3.63) is 22.8 Å². The van der Waals surface area contributed by atoms with Crippen LogP contribution < -0.4 is 5.32 Å². The van der Waals surface area contributed by atoms with Gasteiger partial charge in [-0.2, -0.15) is 18.2 Å². The first kappa shape index (κ1) is 15.2. The molecule has 1 amide bonds. The van der Waals surface area contributed by atoms with E-state index in [1.54, 1.807) is 13.8 Å². The highest BCUT2D eigenvalue weighted by Crippen LogP contribution is 2.27. The molecule has 9 heteroatoms. The maximum absolute atomic E-state index is 12.6. The number of carbonyl (C=O) groups excluding carboxylic acids is 1. The highest BCUT2D eigenvalue weighted by Gasteiger charge is 2.36. The van der Waals surface area contributed by atoms with Gasteiger partial charge < -0.3 is 5.32 Å². The number of hydrogen-bond acceptors (Lipinski definition) is 4. The third kappa shape index (κ3) is 2.96. The number of rotatable bonds is 3. The number of aryl methyl sites for hydroxylation is 2. The first-order valence-electron chi connectivity index (χ1n) is 6.24. The molecule has 114 valence electrons. The standard InChI is InChI=1S/C12H14F3N5O/c1-6-8(4-5-9(21)16-3)7(2)20-11(17-6)18-10(19-20)12(13,14)15/h4-5H2,1-3H3,(H,16,21). The van der Waals surface area contributed by atoms with Gasteiger partial charge in [-0.1, -0.05) is 0 Å². The molecule has 2 aromatic rings. The van der Waals surface area contributed by atoms with Crippen molar-refractivity contribution in [1.82, 2.24) is 24.9 Å². The quantitative estimate of drug-likeness (QED) is 0.931. The minimum atomic E-state index is -4.61. The van der Waals surface area contributed by atoms with Gasteiger partial charge in [-0.05, 0) is 25.8 Å². The first-order valence-corrected chi connectivity index (χ1v) is 6.24. The zero-order valence-electron chi connectivity index (χ0n) is 11.7. The molecule has 6 nitrogen and oxygen atoms in total. The minimum Gasteiger partial charge on any atom is -0.359 e. The molecule has 1 N–H and O–H groups in total. The molecule has 0 aliphatic rings. The molecular weight excluding hydrogens is 287 g/mol. The molecule has 2 rings (SSSR count). The molecule has 0 bridgehead atoms. The fourth-order valence-corrected chi connectivity index (χ4v) is 2.05. The molecule has 0 atom stereocenters. The van der Waals surface area contributed by atoms with Gasteiger partial charge in [0.15, 0.2) is 0 Å². The van der Waals surface area contributed by atoms with E-state index in [0.29, 0.717) is 23.4 Å². The Morgan fingerprint density at radius 3 is 2.52 bits per heavy atom. The number of hydrogen-bond donors (Lipinski definition) is 1. The third-order valence-electron chi connectivity index (χ3n) is 3.18. The van der Waals surface area contributed by atoms with Crippen molar-refractivity contribution >= 4 is 11.7 Å². The predicted molar refractivity (Wildman–Crippen MR) is 67.6 cm³/mol. The van der Waals surface area contributed by atoms with Crippen LogP contribution in [0.5, 0.6) is 0 Å². The van der Waals surface area contributed by atoms with Crippen LogP contribution in [0.15, 0.2) is 0 Å². The second kappa shape index (κ2) is 5.30. The zero-order chi connectivity index (χ0) is 15.8. The van der Waals surface area contributed by atoms with Crippen molar-refractivity contribution < 1.29 is 18.0 Å². The smallest absolute Gasteiger partial charge is 0.359 e. The minimum absolute atomic E-state index is 0.0963. The maximum Gasteiger partial charge on any atom is 0.453 e. The highest BCUT2D eigenvalue weighted by atomic mass is 19.4. The number of halogens is 3. The van der Waals surface area contributed by atoms with Gasteiger partial charge in [-0.15, -0.1) is 5.10 Å². The summed E-state index contributed by atoms with van der Waals surface area (Å²) >= 11 is 0. The van der Waals surface area contributed by atoms with Crippen LogP contribution in [0.4, 0.5) is 13.2 Å². The summed E-state index contributed by atoms with van der Waals surface area (Å²) in [4.78, 5) is 18.7. The normalized spacial score (nSPS) is 11.9. The average molecular weight is 301 g/mol. The number of nitrogens with one attached hydrogen (secondary N) is 1. The Bertz CT molecular complexity index is 692. The highest BCUT2D eigenvalue weighted by molar-refractivity contribution is 5.75. The van der Waals surface area contributed by atoms with E-state index in [0.717, 1.165) is 4.52 Å². The van der Waals surface area contributed by atoms with Crippen molar-refractivity contribution in [2.75, 3.05) is 7.05 Å². The summed E-state index contributed by atoms with van der Waals surface area (Å²) in [5.41, 5.74) is 1.75. The van der Waals surface area contributed by atoms with Crippen LogP contribution in [0.1, 0.15) is 29.2 Å². The second-order valence-corrected chi connectivity index (χ2v) is 4.58. The van der Waals surface area contributed by atoms with Gasteiger partial charge in [0.1, 0.15) is 0 Å². The summed E-state index contributed by atoms with van der Waals surface area (Å²) < 4.78 is 39.0. The summed E-state index contributed by atoms with van der Waals surface area (Å²) in [6.07, 6.45) is -4.01. The number of carbonyl (C=O) groups is 1. The largest absolute Gasteiger partial charge is 0.453 e. The van der Waals surface area contributed by atoms with Gasteiger partial charge in [0.2, 0.25) is 5.91 Å². The second-order valence-electron chi connectivity index (χ2n) is 4.58. The van der Waals surface area contributed by atoms with Gasteiger partial charge in [-0.3, -0.25) is 4.79 Å².